The van der Waals surface area contributed by atoms with Crippen LogP contribution in [0.15, 0.2) is 60.7 Å². The van der Waals surface area contributed by atoms with Crippen LogP contribution in [0.2, 0.25) is 5.02 Å². The van der Waals surface area contributed by atoms with E-state index in [0.717, 1.165) is 27.9 Å². The fraction of sp³-hybridized carbons (Fsp3) is 0.321. The highest BCUT2D eigenvalue weighted by Gasteiger charge is 2.47. The molecule has 1 aliphatic rings. The molecule has 0 fully saturated rings. The number of hydrogen-bond acceptors (Lipinski definition) is 5. The number of halogens is 1. The van der Waals surface area contributed by atoms with Crippen molar-refractivity contribution in [3.8, 4) is 11.5 Å². The van der Waals surface area contributed by atoms with E-state index in [0.29, 0.717) is 23.1 Å². The van der Waals surface area contributed by atoms with Gasteiger partial charge in [0, 0.05) is 34.2 Å². The SMILES string of the molecule is COc1cccc([C@H]2Nc3ccc(C)cc3[C@H](OC(C)=O)C2(C)C)c1OCc1ccc(Cl)cc1. The summed E-state index contributed by atoms with van der Waals surface area (Å²) in [7, 11) is 1.63. The van der Waals surface area contributed by atoms with Crippen LogP contribution in [-0.2, 0) is 16.1 Å². The summed E-state index contributed by atoms with van der Waals surface area (Å²) in [6.45, 7) is 8.06. The summed E-state index contributed by atoms with van der Waals surface area (Å²) in [4.78, 5) is 12.1. The van der Waals surface area contributed by atoms with Crippen molar-refractivity contribution in [3.05, 3.63) is 87.9 Å². The van der Waals surface area contributed by atoms with Crippen LogP contribution in [0.4, 0.5) is 5.69 Å². The molecule has 0 aromatic heterocycles. The molecule has 178 valence electrons. The molecule has 0 bridgehead atoms. The predicted octanol–water partition coefficient (Wildman–Crippen LogP) is 7.03. The summed E-state index contributed by atoms with van der Waals surface area (Å²) in [5.41, 5.74) is 4.46. The third kappa shape index (κ3) is 4.71. The molecule has 0 unspecified atom stereocenters. The van der Waals surface area contributed by atoms with E-state index in [2.05, 4.69) is 31.3 Å². The van der Waals surface area contributed by atoms with E-state index in [9.17, 15) is 4.79 Å². The zero-order valence-electron chi connectivity index (χ0n) is 20.1. The molecular formula is C28H30ClNO4. The highest BCUT2D eigenvalue weighted by atomic mass is 35.5. The summed E-state index contributed by atoms with van der Waals surface area (Å²) in [6.07, 6.45) is -0.429. The molecule has 4 rings (SSSR count). The van der Waals surface area contributed by atoms with Crippen LogP contribution in [0.25, 0.3) is 0 Å². The summed E-state index contributed by atoms with van der Waals surface area (Å²) < 4.78 is 17.9. The van der Waals surface area contributed by atoms with Gasteiger partial charge in [-0.25, -0.2) is 0 Å². The molecule has 1 heterocycles. The normalized spacial score (nSPS) is 18.4. The maximum Gasteiger partial charge on any atom is 0.303 e. The first kappa shape index (κ1) is 24.0. The molecule has 5 nitrogen and oxygen atoms in total. The smallest absolute Gasteiger partial charge is 0.303 e. The second-order valence-corrected chi connectivity index (χ2v) is 9.71. The van der Waals surface area contributed by atoms with Crippen LogP contribution < -0.4 is 14.8 Å². The van der Waals surface area contributed by atoms with Crippen molar-refractivity contribution in [1.29, 1.82) is 0 Å². The summed E-state index contributed by atoms with van der Waals surface area (Å²) in [6, 6.07) is 19.4. The Labute approximate surface area is 206 Å². The van der Waals surface area contributed by atoms with Crippen molar-refractivity contribution in [2.75, 3.05) is 12.4 Å². The summed E-state index contributed by atoms with van der Waals surface area (Å²) in [5.74, 6) is 0.987. The van der Waals surface area contributed by atoms with Gasteiger partial charge in [0.2, 0.25) is 0 Å². The summed E-state index contributed by atoms with van der Waals surface area (Å²) >= 11 is 6.03. The Kier molecular flexibility index (Phi) is 6.76. The van der Waals surface area contributed by atoms with Crippen molar-refractivity contribution in [2.24, 2.45) is 5.41 Å². The van der Waals surface area contributed by atoms with Gasteiger partial charge in [-0.2, -0.15) is 0 Å². The molecule has 6 heteroatoms. The van der Waals surface area contributed by atoms with Crippen LogP contribution in [-0.4, -0.2) is 13.1 Å². The van der Waals surface area contributed by atoms with Crippen molar-refractivity contribution < 1.29 is 19.0 Å². The third-order valence-corrected chi connectivity index (χ3v) is 6.58. The van der Waals surface area contributed by atoms with Gasteiger partial charge in [0.15, 0.2) is 11.5 Å². The Morgan fingerprint density at radius 1 is 1.06 bits per heavy atom. The monoisotopic (exact) mass is 479 g/mol. The van der Waals surface area contributed by atoms with Crippen LogP contribution in [0.3, 0.4) is 0 Å². The number of methoxy groups -OCH3 is 1. The van der Waals surface area contributed by atoms with E-state index in [4.69, 9.17) is 25.8 Å². The Balaban J connectivity index is 1.77. The van der Waals surface area contributed by atoms with Crippen molar-refractivity contribution in [1.82, 2.24) is 0 Å². The number of aryl methyl sites for hydroxylation is 1. The highest BCUT2D eigenvalue weighted by Crippen LogP contribution is 2.55. The van der Waals surface area contributed by atoms with E-state index < -0.39 is 11.5 Å². The first-order valence-corrected chi connectivity index (χ1v) is 11.7. The van der Waals surface area contributed by atoms with Crippen LogP contribution in [0.5, 0.6) is 11.5 Å². The molecule has 2 atom stereocenters. The minimum atomic E-state index is -0.489. The van der Waals surface area contributed by atoms with Gasteiger partial charge in [-0.1, -0.05) is 67.4 Å². The van der Waals surface area contributed by atoms with E-state index in [1.165, 1.54) is 6.92 Å². The largest absolute Gasteiger partial charge is 0.493 e. The molecule has 0 radical (unpaired) electrons. The Hall–Kier alpha value is -3.18. The number of carbonyl (C=O) groups is 1. The number of nitrogens with one attached hydrogen (secondary N) is 1. The lowest BCUT2D eigenvalue weighted by Crippen LogP contribution is -2.40. The number of ether oxygens (including phenoxy) is 3. The Bertz CT molecular complexity index is 1190. The van der Waals surface area contributed by atoms with E-state index in [-0.39, 0.29) is 12.0 Å². The second kappa shape index (κ2) is 9.59. The molecule has 1 N–H and O–H groups in total. The molecule has 34 heavy (non-hydrogen) atoms. The number of rotatable bonds is 6. The number of benzene rings is 3. The van der Waals surface area contributed by atoms with Gasteiger partial charge in [0.05, 0.1) is 13.2 Å². The van der Waals surface area contributed by atoms with Crippen molar-refractivity contribution in [2.45, 2.75) is 46.4 Å². The van der Waals surface area contributed by atoms with E-state index >= 15 is 0 Å². The van der Waals surface area contributed by atoms with Crippen LogP contribution >= 0.6 is 11.6 Å². The molecule has 0 amide bonds. The Morgan fingerprint density at radius 3 is 2.47 bits per heavy atom. The van der Waals surface area contributed by atoms with E-state index in [1.807, 2.05) is 55.5 Å². The summed E-state index contributed by atoms with van der Waals surface area (Å²) in [5, 5.41) is 4.37. The van der Waals surface area contributed by atoms with Crippen LogP contribution in [0, 0.1) is 12.3 Å². The van der Waals surface area contributed by atoms with E-state index in [1.54, 1.807) is 7.11 Å². The lowest BCUT2D eigenvalue weighted by molar-refractivity contribution is -0.154. The molecule has 3 aromatic carbocycles. The number of fused-ring (bicyclic) bond motifs is 1. The first-order chi connectivity index (χ1) is 16.2. The lowest BCUT2D eigenvalue weighted by atomic mass is 9.70. The molecule has 0 spiro atoms. The van der Waals surface area contributed by atoms with Crippen LogP contribution in [0.1, 0.15) is 55.2 Å². The molecular weight excluding hydrogens is 450 g/mol. The zero-order valence-corrected chi connectivity index (χ0v) is 20.9. The number of anilines is 1. The van der Waals surface area contributed by atoms with Gasteiger partial charge in [0.25, 0.3) is 0 Å². The minimum Gasteiger partial charge on any atom is -0.493 e. The van der Waals surface area contributed by atoms with Gasteiger partial charge in [0.1, 0.15) is 12.7 Å². The number of hydrogen-bond donors (Lipinski definition) is 1. The number of carbonyl (C=O) groups excluding carboxylic acids is 1. The topological polar surface area (TPSA) is 56.8 Å². The standard InChI is InChI=1S/C28H30ClNO4/c1-17-9-14-23-22(15-17)27(34-18(2)31)28(3,4)26(30-23)21-7-6-8-24(32-5)25(21)33-16-19-10-12-20(29)13-11-19/h6-15,26-27,30H,16H2,1-5H3/t26-,27+/m1/s1. The fourth-order valence-corrected chi connectivity index (χ4v) is 4.72. The minimum absolute atomic E-state index is 0.206. The molecule has 0 aliphatic carbocycles. The highest BCUT2D eigenvalue weighted by molar-refractivity contribution is 6.30. The molecule has 1 aliphatic heterocycles. The number of para-hydroxylation sites is 1. The maximum atomic E-state index is 12.1. The third-order valence-electron chi connectivity index (χ3n) is 6.33. The fourth-order valence-electron chi connectivity index (χ4n) is 4.60. The average Bonchev–Trinajstić information content (AvgIpc) is 2.80. The zero-order chi connectivity index (χ0) is 24.5. The second-order valence-electron chi connectivity index (χ2n) is 9.27. The quantitative estimate of drug-likeness (QED) is 0.384. The van der Waals surface area contributed by atoms with Gasteiger partial charge in [-0.15, -0.1) is 0 Å². The first-order valence-electron chi connectivity index (χ1n) is 11.3. The van der Waals surface area contributed by atoms with Gasteiger partial charge >= 0.3 is 5.97 Å². The predicted molar refractivity (Wildman–Crippen MR) is 135 cm³/mol. The van der Waals surface area contributed by atoms with Gasteiger partial charge in [-0.3, -0.25) is 4.79 Å². The molecule has 3 aromatic rings. The molecule has 0 saturated heterocycles. The average molecular weight is 480 g/mol. The van der Waals surface area contributed by atoms with Crippen molar-refractivity contribution in [3.63, 3.8) is 0 Å². The van der Waals surface area contributed by atoms with Gasteiger partial charge in [-0.05, 0) is 36.8 Å². The lowest BCUT2D eigenvalue weighted by Gasteiger charge is -2.46. The van der Waals surface area contributed by atoms with Gasteiger partial charge < -0.3 is 19.5 Å². The van der Waals surface area contributed by atoms with Crippen molar-refractivity contribution >= 4 is 23.3 Å². The molecule has 0 saturated carbocycles. The number of esters is 1. The maximum absolute atomic E-state index is 12.1. The Morgan fingerprint density at radius 2 is 1.79 bits per heavy atom.